The Hall–Kier alpha value is -1.51. The molecule has 0 N–H and O–H groups in total. The fraction of sp³-hybridized carbons (Fsp3) is 0.462. The number of aryl methyl sites for hydroxylation is 2. The van der Waals surface area contributed by atoms with E-state index in [1.54, 1.807) is 0 Å². The van der Waals surface area contributed by atoms with Crippen LogP contribution in [0.1, 0.15) is 25.0 Å². The van der Waals surface area contributed by atoms with Crippen molar-refractivity contribution in [2.24, 2.45) is 5.10 Å². The molecule has 1 aliphatic rings. The summed E-state index contributed by atoms with van der Waals surface area (Å²) in [6.45, 7) is 9.45. The average Bonchev–Trinajstić information content (AvgIpc) is 2.64. The molecular formula is C13H19N3. The van der Waals surface area contributed by atoms with E-state index in [2.05, 4.69) is 55.9 Å². The maximum absolute atomic E-state index is 4.43. The third-order valence-electron chi connectivity index (χ3n) is 2.80. The Labute approximate surface area is 97.4 Å². The number of nitrogens with zero attached hydrogens (tertiary/aromatic N) is 3. The lowest BCUT2D eigenvalue weighted by atomic mass is 10.1. The van der Waals surface area contributed by atoms with Gasteiger partial charge in [-0.15, -0.1) is 0 Å². The van der Waals surface area contributed by atoms with E-state index >= 15 is 0 Å². The summed E-state index contributed by atoms with van der Waals surface area (Å²) in [6.07, 6.45) is 1.92. The zero-order valence-electron chi connectivity index (χ0n) is 10.4. The maximum Gasteiger partial charge on any atom is 0.113 e. The van der Waals surface area contributed by atoms with Gasteiger partial charge in [0, 0.05) is 6.04 Å². The van der Waals surface area contributed by atoms with Crippen LogP contribution in [0.2, 0.25) is 0 Å². The fourth-order valence-electron chi connectivity index (χ4n) is 1.90. The number of hydrazone groups is 1. The summed E-state index contributed by atoms with van der Waals surface area (Å²) in [6, 6.07) is 7.03. The molecule has 0 bridgehead atoms. The molecule has 16 heavy (non-hydrogen) atoms. The van der Waals surface area contributed by atoms with E-state index < -0.39 is 0 Å². The molecule has 0 saturated carbocycles. The molecule has 1 aliphatic heterocycles. The molecular weight excluding hydrogens is 198 g/mol. The van der Waals surface area contributed by atoms with Gasteiger partial charge in [0.05, 0.1) is 5.69 Å². The highest BCUT2D eigenvalue weighted by Gasteiger charge is 2.17. The van der Waals surface area contributed by atoms with Crippen LogP contribution in [-0.4, -0.2) is 23.9 Å². The van der Waals surface area contributed by atoms with Crippen LogP contribution < -0.4 is 5.01 Å². The van der Waals surface area contributed by atoms with E-state index in [1.165, 1.54) is 16.8 Å². The van der Waals surface area contributed by atoms with E-state index in [0.29, 0.717) is 6.04 Å². The van der Waals surface area contributed by atoms with E-state index in [0.717, 1.165) is 6.67 Å². The van der Waals surface area contributed by atoms with Crippen molar-refractivity contribution >= 4 is 12.0 Å². The number of rotatable bonds is 2. The average molecular weight is 217 g/mol. The van der Waals surface area contributed by atoms with E-state index in [1.807, 2.05) is 11.3 Å². The van der Waals surface area contributed by atoms with Crippen LogP contribution in [0.5, 0.6) is 0 Å². The van der Waals surface area contributed by atoms with Gasteiger partial charge in [0.2, 0.25) is 0 Å². The highest BCUT2D eigenvalue weighted by molar-refractivity contribution is 5.64. The number of hydrogen-bond acceptors (Lipinski definition) is 3. The quantitative estimate of drug-likeness (QED) is 0.758. The molecule has 0 spiro atoms. The van der Waals surface area contributed by atoms with Crippen LogP contribution in [0, 0.1) is 13.8 Å². The van der Waals surface area contributed by atoms with Gasteiger partial charge < -0.3 is 4.90 Å². The van der Waals surface area contributed by atoms with Crippen LogP contribution in [-0.2, 0) is 0 Å². The maximum atomic E-state index is 4.43. The van der Waals surface area contributed by atoms with Gasteiger partial charge >= 0.3 is 0 Å². The third kappa shape index (κ3) is 2.18. The molecule has 1 heterocycles. The van der Waals surface area contributed by atoms with Crippen LogP contribution >= 0.6 is 0 Å². The van der Waals surface area contributed by atoms with Crippen molar-refractivity contribution in [1.82, 2.24) is 4.90 Å². The molecule has 0 aromatic heterocycles. The summed E-state index contributed by atoms with van der Waals surface area (Å²) >= 11 is 0. The molecule has 0 atom stereocenters. The number of anilines is 1. The minimum absolute atomic E-state index is 0.500. The van der Waals surface area contributed by atoms with Gasteiger partial charge in [0.25, 0.3) is 0 Å². The largest absolute Gasteiger partial charge is 0.339 e. The lowest BCUT2D eigenvalue weighted by Crippen LogP contribution is -2.32. The van der Waals surface area contributed by atoms with Crippen LogP contribution in [0.4, 0.5) is 5.69 Å². The van der Waals surface area contributed by atoms with Crippen molar-refractivity contribution in [2.75, 3.05) is 11.7 Å². The minimum atomic E-state index is 0.500. The molecule has 3 heteroatoms. The molecule has 0 unspecified atom stereocenters. The Bertz CT molecular complexity index is 389. The molecule has 0 amide bonds. The standard InChI is InChI=1S/C13H19N3/c1-10(2)15-8-14-16(9-15)13-6-11(3)5-12(4)7-13/h5-8,10H,9H2,1-4H3. The molecule has 2 rings (SSSR count). The molecule has 86 valence electrons. The molecule has 0 saturated heterocycles. The first-order chi connectivity index (χ1) is 7.56. The highest BCUT2D eigenvalue weighted by Crippen LogP contribution is 2.21. The summed E-state index contributed by atoms with van der Waals surface area (Å²) in [5.74, 6) is 0. The second-order valence-electron chi connectivity index (χ2n) is 4.73. The van der Waals surface area contributed by atoms with Gasteiger partial charge in [-0.2, -0.15) is 5.10 Å². The lowest BCUT2D eigenvalue weighted by Gasteiger charge is -2.22. The van der Waals surface area contributed by atoms with E-state index in [4.69, 9.17) is 0 Å². The Kier molecular flexibility index (Phi) is 2.86. The Balaban J connectivity index is 2.18. The van der Waals surface area contributed by atoms with Crippen molar-refractivity contribution in [3.05, 3.63) is 29.3 Å². The van der Waals surface area contributed by atoms with E-state index in [-0.39, 0.29) is 0 Å². The predicted octanol–water partition coefficient (Wildman–Crippen LogP) is 2.73. The van der Waals surface area contributed by atoms with Crippen LogP contribution in [0.3, 0.4) is 0 Å². The first-order valence-electron chi connectivity index (χ1n) is 5.72. The van der Waals surface area contributed by atoms with Gasteiger partial charge in [0.1, 0.15) is 13.0 Å². The second kappa shape index (κ2) is 4.16. The van der Waals surface area contributed by atoms with Gasteiger partial charge in [0.15, 0.2) is 0 Å². The Morgan fingerprint density at radius 1 is 1.12 bits per heavy atom. The number of benzene rings is 1. The Morgan fingerprint density at radius 2 is 1.75 bits per heavy atom. The summed E-state index contributed by atoms with van der Waals surface area (Å²) in [4.78, 5) is 2.22. The smallest absolute Gasteiger partial charge is 0.113 e. The van der Waals surface area contributed by atoms with Gasteiger partial charge in [-0.3, -0.25) is 0 Å². The van der Waals surface area contributed by atoms with Crippen LogP contribution in [0.15, 0.2) is 23.3 Å². The van der Waals surface area contributed by atoms with Crippen molar-refractivity contribution in [3.63, 3.8) is 0 Å². The molecule has 1 aromatic carbocycles. The first-order valence-corrected chi connectivity index (χ1v) is 5.72. The summed E-state index contributed by atoms with van der Waals surface area (Å²) in [5, 5.41) is 6.47. The number of hydrogen-bond donors (Lipinski definition) is 0. The topological polar surface area (TPSA) is 18.8 Å². The lowest BCUT2D eigenvalue weighted by molar-refractivity contribution is 0.381. The second-order valence-corrected chi connectivity index (χ2v) is 4.73. The summed E-state index contributed by atoms with van der Waals surface area (Å²) < 4.78 is 0. The molecule has 0 fully saturated rings. The normalized spacial score (nSPS) is 15.3. The van der Waals surface area contributed by atoms with Gasteiger partial charge in [-0.25, -0.2) is 5.01 Å². The molecule has 0 radical (unpaired) electrons. The van der Waals surface area contributed by atoms with Crippen molar-refractivity contribution in [3.8, 4) is 0 Å². The van der Waals surface area contributed by atoms with Gasteiger partial charge in [-0.1, -0.05) is 6.07 Å². The summed E-state index contributed by atoms with van der Waals surface area (Å²) in [7, 11) is 0. The monoisotopic (exact) mass is 217 g/mol. The van der Waals surface area contributed by atoms with E-state index in [9.17, 15) is 0 Å². The molecule has 3 nitrogen and oxygen atoms in total. The molecule has 1 aromatic rings. The highest BCUT2D eigenvalue weighted by atomic mass is 15.6. The Morgan fingerprint density at radius 3 is 2.25 bits per heavy atom. The van der Waals surface area contributed by atoms with Crippen molar-refractivity contribution in [1.29, 1.82) is 0 Å². The molecule has 0 aliphatic carbocycles. The van der Waals surface area contributed by atoms with Crippen molar-refractivity contribution < 1.29 is 0 Å². The zero-order valence-corrected chi connectivity index (χ0v) is 10.4. The predicted molar refractivity (Wildman–Crippen MR) is 68.7 cm³/mol. The zero-order chi connectivity index (χ0) is 11.7. The van der Waals surface area contributed by atoms with Crippen LogP contribution in [0.25, 0.3) is 0 Å². The van der Waals surface area contributed by atoms with Gasteiger partial charge in [-0.05, 0) is 51.0 Å². The SMILES string of the molecule is Cc1cc(C)cc(N2CN(C(C)C)C=N2)c1. The van der Waals surface area contributed by atoms with Crippen molar-refractivity contribution in [2.45, 2.75) is 33.7 Å². The minimum Gasteiger partial charge on any atom is -0.339 e. The summed E-state index contributed by atoms with van der Waals surface area (Å²) in [5.41, 5.74) is 3.75. The fourth-order valence-corrected chi connectivity index (χ4v) is 1.90. The first kappa shape index (κ1) is 11.0. The third-order valence-corrected chi connectivity index (χ3v) is 2.80.